The van der Waals surface area contributed by atoms with Gasteiger partial charge in [0.2, 0.25) is 0 Å². The fraction of sp³-hybridized carbons (Fsp3) is 0.125. The van der Waals surface area contributed by atoms with Crippen molar-refractivity contribution in [1.82, 2.24) is 15.4 Å². The quantitative estimate of drug-likeness (QED) is 0.706. The molecule has 0 aliphatic carbocycles. The lowest BCUT2D eigenvalue weighted by Gasteiger charge is -2.09. The van der Waals surface area contributed by atoms with Gasteiger partial charge in [0.15, 0.2) is 17.3 Å². The predicted octanol–water partition coefficient (Wildman–Crippen LogP) is 3.84. The van der Waals surface area contributed by atoms with Gasteiger partial charge in [-0.1, -0.05) is 21.1 Å². The van der Waals surface area contributed by atoms with E-state index in [1.165, 1.54) is 0 Å². The van der Waals surface area contributed by atoms with Gasteiger partial charge in [0.05, 0.1) is 0 Å². The molecule has 122 valence electrons. The van der Waals surface area contributed by atoms with Crippen LogP contribution in [0.5, 0.6) is 0 Å². The monoisotopic (exact) mass is 387 g/mol. The summed E-state index contributed by atoms with van der Waals surface area (Å²) in [4.78, 5) is 12.1. The molecule has 3 aromatic rings. The normalized spacial score (nSPS) is 10.5. The summed E-state index contributed by atoms with van der Waals surface area (Å²) in [7, 11) is 0. The van der Waals surface area contributed by atoms with Gasteiger partial charge in [-0.25, -0.2) is 0 Å². The molecule has 0 atom stereocenters. The third kappa shape index (κ3) is 3.77. The summed E-state index contributed by atoms with van der Waals surface area (Å²) in [6.07, 6.45) is 0. The standard InChI is InChI=1S/C16H14BrN5O2/c1-9-7-11(17)3-4-12(9)18-14-6-5-13(20-21-14)16(23)19-15-8-10(2)24-22-15/h3-8H,1-2H3,(H,18,21)(H,19,22,23). The smallest absolute Gasteiger partial charge is 0.277 e. The van der Waals surface area contributed by atoms with Crippen molar-refractivity contribution in [1.29, 1.82) is 0 Å². The number of benzene rings is 1. The second kappa shape index (κ2) is 6.79. The van der Waals surface area contributed by atoms with Gasteiger partial charge in [0.25, 0.3) is 5.91 Å². The largest absolute Gasteiger partial charge is 0.360 e. The van der Waals surface area contributed by atoms with Gasteiger partial charge < -0.3 is 15.2 Å². The van der Waals surface area contributed by atoms with Crippen molar-refractivity contribution in [2.24, 2.45) is 0 Å². The Bertz CT molecular complexity index is 876. The number of halogens is 1. The van der Waals surface area contributed by atoms with E-state index in [1.807, 2.05) is 25.1 Å². The van der Waals surface area contributed by atoms with E-state index < -0.39 is 5.91 Å². The number of amides is 1. The lowest BCUT2D eigenvalue weighted by molar-refractivity contribution is 0.102. The highest BCUT2D eigenvalue weighted by atomic mass is 79.9. The number of carbonyl (C=O) groups is 1. The van der Waals surface area contributed by atoms with Crippen molar-refractivity contribution in [3.8, 4) is 0 Å². The minimum atomic E-state index is -0.401. The number of carbonyl (C=O) groups excluding carboxylic acids is 1. The zero-order valence-electron chi connectivity index (χ0n) is 13.0. The molecule has 0 bridgehead atoms. The zero-order valence-corrected chi connectivity index (χ0v) is 14.6. The summed E-state index contributed by atoms with van der Waals surface area (Å²) in [6, 6.07) is 10.8. The Balaban J connectivity index is 1.69. The lowest BCUT2D eigenvalue weighted by atomic mass is 10.2. The van der Waals surface area contributed by atoms with Crippen LogP contribution in [0.15, 0.2) is 45.4 Å². The molecule has 0 saturated heterocycles. The van der Waals surface area contributed by atoms with Gasteiger partial charge in [-0.15, -0.1) is 10.2 Å². The average molecular weight is 388 g/mol. The molecule has 0 aliphatic heterocycles. The van der Waals surface area contributed by atoms with Gasteiger partial charge >= 0.3 is 0 Å². The molecule has 3 rings (SSSR count). The van der Waals surface area contributed by atoms with Crippen LogP contribution in [0.1, 0.15) is 21.8 Å². The molecule has 0 fully saturated rings. The third-order valence-electron chi connectivity index (χ3n) is 3.22. The summed E-state index contributed by atoms with van der Waals surface area (Å²) in [5, 5.41) is 17.4. The Kier molecular flexibility index (Phi) is 4.57. The molecule has 2 N–H and O–H groups in total. The van der Waals surface area contributed by atoms with Gasteiger partial charge in [-0.3, -0.25) is 4.79 Å². The Morgan fingerprint density at radius 1 is 1.08 bits per heavy atom. The van der Waals surface area contributed by atoms with Crippen LogP contribution < -0.4 is 10.6 Å². The van der Waals surface area contributed by atoms with Crippen LogP contribution in [0.2, 0.25) is 0 Å². The first-order valence-corrected chi connectivity index (χ1v) is 7.92. The maximum Gasteiger partial charge on any atom is 0.277 e. The molecule has 0 saturated carbocycles. The first-order chi connectivity index (χ1) is 11.5. The van der Waals surface area contributed by atoms with E-state index in [9.17, 15) is 4.79 Å². The fourth-order valence-corrected chi connectivity index (χ4v) is 2.51. The van der Waals surface area contributed by atoms with Crippen LogP contribution in [0.4, 0.5) is 17.3 Å². The van der Waals surface area contributed by atoms with Gasteiger partial charge in [-0.05, 0) is 49.7 Å². The average Bonchev–Trinajstić information content (AvgIpc) is 2.96. The molecule has 7 nitrogen and oxygen atoms in total. The van der Waals surface area contributed by atoms with E-state index in [2.05, 4.69) is 41.9 Å². The molecule has 1 amide bonds. The number of nitrogens with zero attached hydrogens (tertiary/aromatic N) is 3. The summed E-state index contributed by atoms with van der Waals surface area (Å²) < 4.78 is 5.90. The molecule has 0 unspecified atom stereocenters. The highest BCUT2D eigenvalue weighted by Gasteiger charge is 2.11. The van der Waals surface area contributed by atoms with Crippen molar-refractivity contribution < 1.29 is 9.32 Å². The minimum absolute atomic E-state index is 0.189. The molecule has 8 heteroatoms. The van der Waals surface area contributed by atoms with E-state index in [1.54, 1.807) is 25.1 Å². The summed E-state index contributed by atoms with van der Waals surface area (Å²) in [6.45, 7) is 3.73. The van der Waals surface area contributed by atoms with Crippen LogP contribution in [-0.2, 0) is 0 Å². The molecule has 0 aliphatic rings. The summed E-state index contributed by atoms with van der Waals surface area (Å²) >= 11 is 3.42. The number of hydrogen-bond acceptors (Lipinski definition) is 6. The van der Waals surface area contributed by atoms with Crippen molar-refractivity contribution in [3.63, 3.8) is 0 Å². The van der Waals surface area contributed by atoms with Crippen molar-refractivity contribution >= 4 is 39.2 Å². The second-order valence-electron chi connectivity index (χ2n) is 5.16. The molecule has 2 aromatic heterocycles. The second-order valence-corrected chi connectivity index (χ2v) is 6.08. The van der Waals surface area contributed by atoms with E-state index in [-0.39, 0.29) is 5.69 Å². The first-order valence-electron chi connectivity index (χ1n) is 7.13. The summed E-state index contributed by atoms with van der Waals surface area (Å²) in [5.41, 5.74) is 2.17. The number of aromatic nitrogens is 3. The van der Waals surface area contributed by atoms with Crippen LogP contribution >= 0.6 is 15.9 Å². The zero-order chi connectivity index (χ0) is 17.1. The predicted molar refractivity (Wildman–Crippen MR) is 93.4 cm³/mol. The highest BCUT2D eigenvalue weighted by Crippen LogP contribution is 2.22. The molecular weight excluding hydrogens is 374 g/mol. The first kappa shape index (κ1) is 16.1. The molecule has 0 spiro atoms. The molecule has 24 heavy (non-hydrogen) atoms. The van der Waals surface area contributed by atoms with E-state index in [4.69, 9.17) is 4.52 Å². The Morgan fingerprint density at radius 2 is 1.92 bits per heavy atom. The lowest BCUT2D eigenvalue weighted by Crippen LogP contribution is -2.14. The van der Waals surface area contributed by atoms with Crippen molar-refractivity contribution in [2.75, 3.05) is 10.6 Å². The van der Waals surface area contributed by atoms with Crippen LogP contribution in [0.25, 0.3) is 0 Å². The fourth-order valence-electron chi connectivity index (χ4n) is 2.03. The Morgan fingerprint density at radius 3 is 2.54 bits per heavy atom. The number of rotatable bonds is 4. The van der Waals surface area contributed by atoms with E-state index in [0.717, 1.165) is 15.7 Å². The van der Waals surface area contributed by atoms with Gasteiger partial charge in [0, 0.05) is 16.2 Å². The molecule has 2 heterocycles. The summed E-state index contributed by atoms with van der Waals surface area (Å²) in [5.74, 6) is 1.10. The SMILES string of the molecule is Cc1cc(NC(=O)c2ccc(Nc3ccc(Br)cc3C)nn2)no1. The number of aryl methyl sites for hydroxylation is 2. The van der Waals surface area contributed by atoms with Crippen LogP contribution in [-0.4, -0.2) is 21.3 Å². The van der Waals surface area contributed by atoms with Gasteiger partial charge in [0.1, 0.15) is 5.76 Å². The number of nitrogens with one attached hydrogen (secondary N) is 2. The molecular formula is C16H14BrN5O2. The van der Waals surface area contributed by atoms with Crippen molar-refractivity contribution in [2.45, 2.75) is 13.8 Å². The minimum Gasteiger partial charge on any atom is -0.360 e. The van der Waals surface area contributed by atoms with Gasteiger partial charge in [-0.2, -0.15) is 0 Å². The Labute approximate surface area is 146 Å². The highest BCUT2D eigenvalue weighted by molar-refractivity contribution is 9.10. The van der Waals surface area contributed by atoms with Crippen LogP contribution in [0, 0.1) is 13.8 Å². The van der Waals surface area contributed by atoms with E-state index >= 15 is 0 Å². The third-order valence-corrected chi connectivity index (χ3v) is 3.71. The van der Waals surface area contributed by atoms with E-state index in [0.29, 0.717) is 17.4 Å². The number of hydrogen-bond donors (Lipinski definition) is 2. The van der Waals surface area contributed by atoms with Crippen molar-refractivity contribution in [3.05, 3.63) is 57.9 Å². The maximum absolute atomic E-state index is 12.1. The number of anilines is 3. The Hall–Kier alpha value is -2.74. The molecule has 0 radical (unpaired) electrons. The molecule has 1 aromatic carbocycles. The van der Waals surface area contributed by atoms with Crippen LogP contribution in [0.3, 0.4) is 0 Å². The topological polar surface area (TPSA) is 92.9 Å². The maximum atomic E-state index is 12.1.